The molecule has 6 nitrogen and oxygen atoms in total. The zero-order valence-electron chi connectivity index (χ0n) is 11.7. The molecule has 2 heterocycles. The van der Waals surface area contributed by atoms with E-state index in [-0.39, 0.29) is 18.1 Å². The number of hydrogen-bond acceptors (Lipinski definition) is 2. The molecule has 0 spiro atoms. The molecule has 3 rings (SSSR count). The first-order valence-corrected chi connectivity index (χ1v) is 7.29. The summed E-state index contributed by atoms with van der Waals surface area (Å²) < 4.78 is 0. The van der Waals surface area contributed by atoms with Crippen molar-refractivity contribution in [1.82, 2.24) is 15.1 Å². The van der Waals surface area contributed by atoms with E-state index in [9.17, 15) is 9.59 Å². The first-order chi connectivity index (χ1) is 10.1. The molecule has 0 saturated carbocycles. The van der Waals surface area contributed by atoms with E-state index in [4.69, 9.17) is 11.6 Å². The van der Waals surface area contributed by atoms with Crippen molar-refractivity contribution in [3.8, 4) is 0 Å². The largest absolute Gasteiger partial charge is 0.336 e. The number of rotatable bonds is 1. The van der Waals surface area contributed by atoms with Gasteiger partial charge in [0.2, 0.25) is 0 Å². The van der Waals surface area contributed by atoms with Crippen molar-refractivity contribution >= 4 is 29.4 Å². The highest BCUT2D eigenvalue weighted by molar-refractivity contribution is 6.33. The number of hydrogen-bond donors (Lipinski definition) is 2. The summed E-state index contributed by atoms with van der Waals surface area (Å²) in [6.07, 6.45) is 0. The fourth-order valence-corrected chi connectivity index (χ4v) is 3.03. The molecule has 1 aromatic carbocycles. The fraction of sp³-hybridized carbons (Fsp3) is 0.429. The molecule has 0 aromatic heterocycles. The summed E-state index contributed by atoms with van der Waals surface area (Å²) in [4.78, 5) is 27.4. The number of anilines is 1. The van der Waals surface area contributed by atoms with Gasteiger partial charge in [-0.3, -0.25) is 0 Å². The molecule has 2 N–H and O–H groups in total. The number of nitrogens with one attached hydrogen (secondary N) is 2. The third-order valence-electron chi connectivity index (χ3n) is 3.97. The highest BCUT2D eigenvalue weighted by Crippen LogP contribution is 2.26. The van der Waals surface area contributed by atoms with Gasteiger partial charge in [0.1, 0.15) is 0 Å². The normalized spacial score (nSPS) is 21.0. The minimum atomic E-state index is -0.176. The van der Waals surface area contributed by atoms with Crippen molar-refractivity contribution < 1.29 is 9.59 Å². The van der Waals surface area contributed by atoms with Gasteiger partial charge in [-0.25, -0.2) is 9.59 Å². The molecule has 1 aromatic rings. The molecule has 2 fully saturated rings. The Morgan fingerprint density at radius 3 is 3.00 bits per heavy atom. The number of halogens is 1. The van der Waals surface area contributed by atoms with Gasteiger partial charge in [0.05, 0.1) is 16.8 Å². The van der Waals surface area contributed by atoms with E-state index in [1.165, 1.54) is 0 Å². The third kappa shape index (κ3) is 2.63. The zero-order chi connectivity index (χ0) is 15.0. The number of fused-ring (bicyclic) bond motifs is 1. The second-order valence-corrected chi connectivity index (χ2v) is 5.75. The number of amides is 4. The van der Waals surface area contributed by atoms with E-state index in [2.05, 4.69) is 10.6 Å². The van der Waals surface area contributed by atoms with Crippen LogP contribution in [0.5, 0.6) is 0 Å². The fourth-order valence-electron chi connectivity index (χ4n) is 2.76. The third-order valence-corrected chi connectivity index (χ3v) is 4.29. The van der Waals surface area contributed by atoms with Crippen LogP contribution >= 0.6 is 11.6 Å². The second-order valence-electron chi connectivity index (χ2n) is 5.34. The lowest BCUT2D eigenvalue weighted by atomic mass is 10.2. The molecule has 2 aliphatic heterocycles. The Balaban J connectivity index is 1.68. The maximum Gasteiger partial charge on any atom is 0.322 e. The number of carbonyl (C=O) groups excluding carboxylic acids is 2. The van der Waals surface area contributed by atoms with E-state index in [1.807, 2.05) is 19.1 Å². The van der Waals surface area contributed by atoms with E-state index in [1.54, 1.807) is 15.9 Å². The predicted molar refractivity (Wildman–Crippen MR) is 80.7 cm³/mol. The zero-order valence-corrected chi connectivity index (χ0v) is 12.5. The Hall–Kier alpha value is -1.95. The molecule has 1 atom stereocenters. The summed E-state index contributed by atoms with van der Waals surface area (Å²) in [5.74, 6) is 0. The van der Waals surface area contributed by atoms with Crippen LogP contribution in [0, 0.1) is 6.92 Å². The summed E-state index contributed by atoms with van der Waals surface area (Å²) >= 11 is 6.12. The molecule has 4 amide bonds. The van der Waals surface area contributed by atoms with E-state index in [0.29, 0.717) is 36.9 Å². The van der Waals surface area contributed by atoms with Gasteiger partial charge < -0.3 is 20.4 Å². The van der Waals surface area contributed by atoms with Crippen LogP contribution in [-0.2, 0) is 0 Å². The molecule has 0 unspecified atom stereocenters. The van der Waals surface area contributed by atoms with E-state index in [0.717, 1.165) is 5.56 Å². The number of piperazine rings is 1. The topological polar surface area (TPSA) is 64.7 Å². The number of urea groups is 2. The smallest absolute Gasteiger partial charge is 0.322 e. The van der Waals surface area contributed by atoms with E-state index < -0.39 is 0 Å². The SMILES string of the molecule is Cc1cccc(Cl)c1NC(=O)N1CCN2C(=O)NC[C@@H]2C1. The van der Waals surface area contributed by atoms with E-state index >= 15 is 0 Å². The van der Waals surface area contributed by atoms with Crippen LogP contribution in [0.25, 0.3) is 0 Å². The number of para-hydroxylation sites is 1. The van der Waals surface area contributed by atoms with Gasteiger partial charge in [0.25, 0.3) is 0 Å². The van der Waals surface area contributed by atoms with Gasteiger partial charge in [-0.05, 0) is 18.6 Å². The van der Waals surface area contributed by atoms with Crippen molar-refractivity contribution in [1.29, 1.82) is 0 Å². The molecule has 0 aliphatic carbocycles. The van der Waals surface area contributed by atoms with Crippen molar-refractivity contribution in [3.05, 3.63) is 28.8 Å². The standard InChI is InChI=1S/C14H17ClN4O2/c1-9-3-2-4-11(15)12(9)17-14(21)18-5-6-19-10(8-18)7-16-13(19)20/h2-4,10H,5-8H2,1H3,(H,16,20)(H,17,21)/t10-/m1/s1. The van der Waals surface area contributed by atoms with Crippen LogP contribution < -0.4 is 10.6 Å². The highest BCUT2D eigenvalue weighted by Gasteiger charge is 2.36. The molecular weight excluding hydrogens is 292 g/mol. The Labute approximate surface area is 128 Å². The number of benzene rings is 1. The summed E-state index contributed by atoms with van der Waals surface area (Å²) in [5.41, 5.74) is 1.57. The maximum absolute atomic E-state index is 12.4. The molecule has 2 aliphatic rings. The van der Waals surface area contributed by atoms with Crippen LogP contribution in [0.4, 0.5) is 15.3 Å². The minimum Gasteiger partial charge on any atom is -0.336 e. The predicted octanol–water partition coefficient (Wildman–Crippen LogP) is 1.89. The van der Waals surface area contributed by atoms with Crippen molar-refractivity contribution in [3.63, 3.8) is 0 Å². The van der Waals surface area contributed by atoms with Crippen molar-refractivity contribution in [2.24, 2.45) is 0 Å². The lowest BCUT2D eigenvalue weighted by molar-refractivity contribution is 0.136. The molecular formula is C14H17ClN4O2. The summed E-state index contributed by atoms with van der Waals surface area (Å²) in [5, 5.41) is 6.19. The van der Waals surface area contributed by atoms with Gasteiger partial charge in [0, 0.05) is 26.2 Å². The minimum absolute atomic E-state index is 0.0398. The summed E-state index contributed by atoms with van der Waals surface area (Å²) in [7, 11) is 0. The summed E-state index contributed by atoms with van der Waals surface area (Å²) in [6, 6.07) is 5.35. The second kappa shape index (κ2) is 5.44. The number of carbonyl (C=O) groups is 2. The number of nitrogens with zero attached hydrogens (tertiary/aromatic N) is 2. The molecule has 0 bridgehead atoms. The Kier molecular flexibility index (Phi) is 3.63. The first-order valence-electron chi connectivity index (χ1n) is 6.92. The Morgan fingerprint density at radius 2 is 2.24 bits per heavy atom. The lowest BCUT2D eigenvalue weighted by Crippen LogP contribution is -2.54. The van der Waals surface area contributed by atoms with Crippen LogP contribution in [0.1, 0.15) is 5.56 Å². The average Bonchev–Trinajstić information content (AvgIpc) is 2.84. The first kappa shape index (κ1) is 14.0. The van der Waals surface area contributed by atoms with Crippen LogP contribution in [0.2, 0.25) is 5.02 Å². The van der Waals surface area contributed by atoms with Crippen LogP contribution in [0.3, 0.4) is 0 Å². The van der Waals surface area contributed by atoms with Gasteiger partial charge in [-0.1, -0.05) is 23.7 Å². The Morgan fingerprint density at radius 1 is 1.43 bits per heavy atom. The highest BCUT2D eigenvalue weighted by atomic mass is 35.5. The van der Waals surface area contributed by atoms with Crippen molar-refractivity contribution in [2.45, 2.75) is 13.0 Å². The van der Waals surface area contributed by atoms with Gasteiger partial charge in [0.15, 0.2) is 0 Å². The quantitative estimate of drug-likeness (QED) is 0.832. The molecule has 0 radical (unpaired) electrons. The van der Waals surface area contributed by atoms with Crippen LogP contribution in [0.15, 0.2) is 18.2 Å². The van der Waals surface area contributed by atoms with Gasteiger partial charge >= 0.3 is 12.1 Å². The monoisotopic (exact) mass is 308 g/mol. The molecule has 21 heavy (non-hydrogen) atoms. The Bertz CT molecular complexity index is 572. The maximum atomic E-state index is 12.4. The molecule has 7 heteroatoms. The van der Waals surface area contributed by atoms with Gasteiger partial charge in [-0.2, -0.15) is 0 Å². The molecule has 112 valence electrons. The average molecular weight is 309 g/mol. The van der Waals surface area contributed by atoms with Gasteiger partial charge in [-0.15, -0.1) is 0 Å². The summed E-state index contributed by atoms with van der Waals surface area (Å²) in [6.45, 7) is 4.12. The molecule has 2 saturated heterocycles. The number of aryl methyl sites for hydroxylation is 1. The van der Waals surface area contributed by atoms with Crippen LogP contribution in [-0.4, -0.2) is 54.1 Å². The lowest BCUT2D eigenvalue weighted by Gasteiger charge is -2.36. The van der Waals surface area contributed by atoms with Crippen molar-refractivity contribution in [2.75, 3.05) is 31.5 Å².